The van der Waals surface area contributed by atoms with Crippen LogP contribution in [0.25, 0.3) is 11.3 Å². The van der Waals surface area contributed by atoms with Crippen molar-refractivity contribution in [3.8, 4) is 11.3 Å². The molecule has 0 aliphatic rings. The van der Waals surface area contributed by atoms with Crippen LogP contribution in [-0.2, 0) is 10.0 Å². The Morgan fingerprint density at radius 1 is 1.03 bits per heavy atom. The number of nitrogens with zero attached hydrogens (tertiary/aromatic N) is 1. The minimum atomic E-state index is -3.98. The maximum Gasteiger partial charge on any atom is 0.261 e. The molecule has 1 aromatic heterocycles. The summed E-state index contributed by atoms with van der Waals surface area (Å²) in [6, 6.07) is 17.1. The Labute approximate surface area is 202 Å². The largest absolute Gasteiger partial charge is 0.298 e. The lowest BCUT2D eigenvalue weighted by Crippen LogP contribution is -2.19. The van der Waals surface area contributed by atoms with Crippen LogP contribution in [0.2, 0.25) is 0 Å². The molecule has 0 bridgehead atoms. The maximum atomic E-state index is 13.9. The van der Waals surface area contributed by atoms with Gasteiger partial charge in [-0.1, -0.05) is 45.8 Å². The number of rotatable bonds is 6. The van der Waals surface area contributed by atoms with E-state index >= 15 is 0 Å². The van der Waals surface area contributed by atoms with Gasteiger partial charge in [0.1, 0.15) is 5.82 Å². The third-order valence-electron chi connectivity index (χ3n) is 4.67. The summed E-state index contributed by atoms with van der Waals surface area (Å²) in [5, 5.41) is 4.70. The van der Waals surface area contributed by atoms with Gasteiger partial charge in [-0.15, -0.1) is 11.3 Å². The van der Waals surface area contributed by atoms with Crippen molar-refractivity contribution in [2.45, 2.75) is 11.8 Å². The average molecular weight is 546 g/mol. The van der Waals surface area contributed by atoms with Crippen molar-refractivity contribution in [3.05, 3.63) is 93.5 Å². The molecule has 6 nitrogen and oxygen atoms in total. The number of benzene rings is 3. The molecule has 0 aliphatic heterocycles. The van der Waals surface area contributed by atoms with Crippen molar-refractivity contribution in [2.24, 2.45) is 0 Å². The number of aryl methyl sites for hydroxylation is 1. The zero-order chi connectivity index (χ0) is 23.6. The highest BCUT2D eigenvalue weighted by Gasteiger charge is 2.20. The third-order valence-corrected chi connectivity index (χ3v) is 7.33. The first kappa shape index (κ1) is 23.1. The molecule has 10 heteroatoms. The van der Waals surface area contributed by atoms with Gasteiger partial charge < -0.3 is 0 Å². The molecule has 0 unspecified atom stereocenters. The van der Waals surface area contributed by atoms with Crippen LogP contribution in [0.5, 0.6) is 0 Å². The van der Waals surface area contributed by atoms with Gasteiger partial charge in [0.05, 0.1) is 21.8 Å². The fraction of sp³-hybridized carbons (Fsp3) is 0.0435. The zero-order valence-electron chi connectivity index (χ0n) is 17.2. The number of carbonyl (C=O) groups is 1. The molecule has 1 heterocycles. The normalized spacial score (nSPS) is 11.2. The van der Waals surface area contributed by atoms with Crippen molar-refractivity contribution >= 4 is 54.0 Å². The molecule has 4 rings (SSSR count). The van der Waals surface area contributed by atoms with Crippen LogP contribution in [0.1, 0.15) is 15.9 Å². The predicted octanol–water partition coefficient (Wildman–Crippen LogP) is 6.07. The standard InChI is InChI=1S/C23H17BrFN3O3S2/c1-14-2-9-18(10-3-14)33(30,31)28-20-11-8-17(25)12-19(20)22(29)27-23-26-21(13-32-23)15-4-6-16(24)7-5-15/h2-13,28H,1H3,(H,26,27,29). The smallest absolute Gasteiger partial charge is 0.261 e. The molecule has 0 atom stereocenters. The van der Waals surface area contributed by atoms with Gasteiger partial charge in [0.2, 0.25) is 0 Å². The van der Waals surface area contributed by atoms with Gasteiger partial charge in [0.15, 0.2) is 5.13 Å². The maximum absolute atomic E-state index is 13.9. The summed E-state index contributed by atoms with van der Waals surface area (Å²) in [6.45, 7) is 1.84. The Morgan fingerprint density at radius 2 is 1.73 bits per heavy atom. The van der Waals surface area contributed by atoms with E-state index in [4.69, 9.17) is 0 Å². The van der Waals surface area contributed by atoms with E-state index in [1.807, 2.05) is 31.2 Å². The minimum absolute atomic E-state index is 0.0304. The first-order valence-electron chi connectivity index (χ1n) is 9.63. The van der Waals surface area contributed by atoms with Gasteiger partial charge in [-0.05, 0) is 49.4 Å². The van der Waals surface area contributed by atoms with Crippen molar-refractivity contribution in [3.63, 3.8) is 0 Å². The van der Waals surface area contributed by atoms with E-state index < -0.39 is 21.7 Å². The second-order valence-electron chi connectivity index (χ2n) is 7.11. The molecule has 0 saturated heterocycles. The topological polar surface area (TPSA) is 88.2 Å². The minimum Gasteiger partial charge on any atom is -0.298 e. The van der Waals surface area contributed by atoms with Crippen LogP contribution < -0.4 is 10.0 Å². The van der Waals surface area contributed by atoms with E-state index in [1.165, 1.54) is 29.5 Å². The predicted molar refractivity (Wildman–Crippen MR) is 132 cm³/mol. The number of amides is 1. The number of hydrogen-bond acceptors (Lipinski definition) is 5. The number of aromatic nitrogens is 1. The van der Waals surface area contributed by atoms with Gasteiger partial charge in [-0.2, -0.15) is 0 Å². The molecular weight excluding hydrogens is 529 g/mol. The third kappa shape index (κ3) is 5.47. The van der Waals surface area contributed by atoms with Crippen LogP contribution in [0.3, 0.4) is 0 Å². The summed E-state index contributed by atoms with van der Waals surface area (Å²) in [5.74, 6) is -1.36. The Morgan fingerprint density at radius 3 is 2.42 bits per heavy atom. The summed E-state index contributed by atoms with van der Waals surface area (Å²) >= 11 is 4.58. The van der Waals surface area contributed by atoms with Gasteiger partial charge in [0, 0.05) is 15.4 Å². The highest BCUT2D eigenvalue weighted by Crippen LogP contribution is 2.28. The molecular formula is C23H17BrFN3O3S2. The van der Waals surface area contributed by atoms with E-state index in [0.29, 0.717) is 10.8 Å². The summed E-state index contributed by atoms with van der Waals surface area (Å²) in [5.41, 5.74) is 2.24. The van der Waals surface area contributed by atoms with Crippen molar-refractivity contribution in [1.29, 1.82) is 0 Å². The number of nitrogens with one attached hydrogen (secondary N) is 2. The molecule has 4 aromatic rings. The second-order valence-corrected chi connectivity index (χ2v) is 10.6. The van der Waals surface area contributed by atoms with Crippen molar-refractivity contribution in [1.82, 2.24) is 4.98 Å². The van der Waals surface area contributed by atoms with Gasteiger partial charge in [0.25, 0.3) is 15.9 Å². The molecule has 0 radical (unpaired) electrons. The first-order chi connectivity index (χ1) is 15.7. The summed E-state index contributed by atoms with van der Waals surface area (Å²) in [4.78, 5) is 17.3. The number of halogens is 2. The van der Waals surface area contributed by atoms with Crippen molar-refractivity contribution in [2.75, 3.05) is 10.0 Å². The molecule has 3 aromatic carbocycles. The Bertz CT molecular complexity index is 1420. The Kier molecular flexibility index (Phi) is 6.59. The quantitative estimate of drug-likeness (QED) is 0.307. The molecule has 0 fully saturated rings. The van der Waals surface area contributed by atoms with E-state index in [1.54, 1.807) is 17.5 Å². The number of anilines is 2. The number of thiazole rings is 1. The van der Waals surface area contributed by atoms with Crippen LogP contribution >= 0.6 is 27.3 Å². The van der Waals surface area contributed by atoms with E-state index in [9.17, 15) is 17.6 Å². The van der Waals surface area contributed by atoms with Crippen LogP contribution in [0, 0.1) is 12.7 Å². The van der Waals surface area contributed by atoms with Crippen molar-refractivity contribution < 1.29 is 17.6 Å². The number of sulfonamides is 1. The molecule has 0 saturated carbocycles. The summed E-state index contributed by atoms with van der Waals surface area (Å²) < 4.78 is 42.8. The number of carbonyl (C=O) groups excluding carboxylic acids is 1. The lowest BCUT2D eigenvalue weighted by atomic mass is 10.1. The van der Waals surface area contributed by atoms with Gasteiger partial charge in [-0.3, -0.25) is 14.8 Å². The second kappa shape index (κ2) is 9.42. The zero-order valence-corrected chi connectivity index (χ0v) is 20.4. The first-order valence-corrected chi connectivity index (χ1v) is 12.8. The van der Waals surface area contributed by atoms with E-state index in [0.717, 1.165) is 27.7 Å². The molecule has 2 N–H and O–H groups in total. The molecule has 0 spiro atoms. The fourth-order valence-corrected chi connectivity index (χ4v) is 5.02. The lowest BCUT2D eigenvalue weighted by molar-refractivity contribution is 0.102. The molecule has 1 amide bonds. The van der Waals surface area contributed by atoms with Crippen LogP contribution in [-0.4, -0.2) is 19.3 Å². The average Bonchev–Trinajstić information content (AvgIpc) is 3.24. The highest BCUT2D eigenvalue weighted by molar-refractivity contribution is 9.10. The monoisotopic (exact) mass is 545 g/mol. The van der Waals surface area contributed by atoms with Crippen LogP contribution in [0.4, 0.5) is 15.2 Å². The fourth-order valence-electron chi connectivity index (χ4n) is 2.96. The Balaban J connectivity index is 1.58. The van der Waals surface area contributed by atoms with E-state index in [-0.39, 0.29) is 16.1 Å². The van der Waals surface area contributed by atoms with E-state index in [2.05, 4.69) is 31.0 Å². The van der Waals surface area contributed by atoms with Gasteiger partial charge >= 0.3 is 0 Å². The highest BCUT2D eigenvalue weighted by atomic mass is 79.9. The summed E-state index contributed by atoms with van der Waals surface area (Å²) in [6.07, 6.45) is 0. The Hall–Kier alpha value is -3.08. The lowest BCUT2D eigenvalue weighted by Gasteiger charge is -2.12. The molecule has 33 heavy (non-hydrogen) atoms. The SMILES string of the molecule is Cc1ccc(S(=O)(=O)Nc2ccc(F)cc2C(=O)Nc2nc(-c3ccc(Br)cc3)cs2)cc1. The molecule has 168 valence electrons. The molecule has 0 aliphatic carbocycles. The van der Waals surface area contributed by atoms with Crippen LogP contribution in [0.15, 0.2) is 81.5 Å². The number of hydrogen-bond donors (Lipinski definition) is 2. The summed E-state index contributed by atoms with van der Waals surface area (Å²) in [7, 11) is -3.98. The van der Waals surface area contributed by atoms with Gasteiger partial charge in [-0.25, -0.2) is 17.8 Å².